The molecule has 0 saturated carbocycles. The van der Waals surface area contributed by atoms with Crippen molar-refractivity contribution in [2.75, 3.05) is 0 Å². The molecule has 10 heteroatoms. The van der Waals surface area contributed by atoms with Crippen molar-refractivity contribution in [2.45, 2.75) is 30.6 Å². The summed E-state index contributed by atoms with van der Waals surface area (Å²) in [6.45, 7) is 3.00. The van der Waals surface area contributed by atoms with Gasteiger partial charge in [0.2, 0.25) is 10.0 Å². The molecule has 18 heavy (non-hydrogen) atoms. The lowest BCUT2D eigenvalue weighted by Gasteiger charge is -2.38. The normalized spacial score (nSPS) is 37.2. The van der Waals surface area contributed by atoms with Crippen LogP contribution in [0.3, 0.4) is 0 Å². The van der Waals surface area contributed by atoms with Crippen LogP contribution in [-0.4, -0.2) is 65.5 Å². The minimum atomic E-state index is -4.00. The number of hydrogen-bond donors (Lipinski definition) is 5. The highest BCUT2D eigenvalue weighted by Gasteiger charge is 2.47. The maximum Gasteiger partial charge on any atom is 0.335 e. The van der Waals surface area contributed by atoms with Crippen molar-refractivity contribution < 1.29 is 38.4 Å². The summed E-state index contributed by atoms with van der Waals surface area (Å²) >= 11 is 0. The molecule has 1 saturated heterocycles. The smallest absolute Gasteiger partial charge is 0.335 e. The van der Waals surface area contributed by atoms with Crippen LogP contribution in [0.1, 0.15) is 0 Å². The van der Waals surface area contributed by atoms with Crippen LogP contribution in [-0.2, 0) is 19.6 Å². The molecular formula is C8H13NO8S. The van der Waals surface area contributed by atoms with Gasteiger partial charge in [0.05, 0.1) is 0 Å². The van der Waals surface area contributed by atoms with E-state index in [0.29, 0.717) is 5.41 Å². The van der Waals surface area contributed by atoms with E-state index in [0.717, 1.165) is 0 Å². The summed E-state index contributed by atoms with van der Waals surface area (Å²) < 4.78 is 28.8. The number of aliphatic hydroxyl groups excluding tert-OH is 3. The van der Waals surface area contributed by atoms with Crippen LogP contribution in [0.5, 0.6) is 0 Å². The average molecular weight is 283 g/mol. The van der Waals surface area contributed by atoms with Gasteiger partial charge in [-0.25, -0.2) is 13.2 Å². The van der Waals surface area contributed by atoms with Crippen LogP contribution in [0.25, 0.3) is 0 Å². The Bertz CT molecular complexity index is 434. The van der Waals surface area contributed by atoms with Crippen LogP contribution in [0.2, 0.25) is 0 Å². The molecule has 104 valence electrons. The Kier molecular flexibility index (Phi) is 4.42. The number of carboxylic acid groups (broad SMARTS) is 1. The lowest BCUT2D eigenvalue weighted by atomic mass is 9.98. The zero-order chi connectivity index (χ0) is 14.1. The van der Waals surface area contributed by atoms with Gasteiger partial charge in [0.25, 0.3) is 0 Å². The molecule has 0 bridgehead atoms. The van der Waals surface area contributed by atoms with E-state index in [9.17, 15) is 28.5 Å². The summed E-state index contributed by atoms with van der Waals surface area (Å²) in [6.07, 6.45) is -9.11. The highest BCUT2D eigenvalue weighted by atomic mass is 32.2. The van der Waals surface area contributed by atoms with E-state index in [2.05, 4.69) is 11.3 Å². The molecule has 5 N–H and O–H groups in total. The summed E-state index contributed by atoms with van der Waals surface area (Å²) in [6, 6.07) is 0. The lowest BCUT2D eigenvalue weighted by molar-refractivity contribution is -0.229. The molecule has 1 fully saturated rings. The zero-order valence-electron chi connectivity index (χ0n) is 9.00. The summed E-state index contributed by atoms with van der Waals surface area (Å²) in [7, 11) is -4.00. The molecule has 0 aromatic heterocycles. The summed E-state index contributed by atoms with van der Waals surface area (Å²) in [4.78, 5) is 10.7. The molecule has 5 atom stereocenters. The second-order valence-electron chi connectivity index (χ2n) is 3.62. The van der Waals surface area contributed by atoms with Crippen molar-refractivity contribution in [3.63, 3.8) is 0 Å². The quantitative estimate of drug-likeness (QED) is 0.364. The maximum absolute atomic E-state index is 11.2. The fraction of sp³-hybridized carbons (Fsp3) is 0.625. The number of rotatable bonds is 4. The molecule has 1 rings (SSSR count). The molecule has 1 aliphatic rings. The van der Waals surface area contributed by atoms with Gasteiger partial charge in [-0.1, -0.05) is 6.58 Å². The molecule has 0 aromatic carbocycles. The van der Waals surface area contributed by atoms with Crippen molar-refractivity contribution in [2.24, 2.45) is 0 Å². The number of hydrogen-bond acceptors (Lipinski definition) is 7. The van der Waals surface area contributed by atoms with Crippen LogP contribution < -0.4 is 4.72 Å². The van der Waals surface area contributed by atoms with E-state index in [1.54, 1.807) is 4.72 Å². The van der Waals surface area contributed by atoms with Gasteiger partial charge in [0.15, 0.2) is 12.3 Å². The molecule has 9 nitrogen and oxygen atoms in total. The summed E-state index contributed by atoms with van der Waals surface area (Å²) in [5.41, 5.74) is 0. The fourth-order valence-electron chi connectivity index (χ4n) is 1.39. The van der Waals surface area contributed by atoms with Gasteiger partial charge in [-0.2, -0.15) is 4.72 Å². The molecule has 0 spiro atoms. The minimum absolute atomic E-state index is 0.524. The number of nitrogens with one attached hydrogen (secondary N) is 1. The monoisotopic (exact) mass is 283 g/mol. The SMILES string of the molecule is C=CS(=O)(=O)N[C@@H]1O[C@H](C(=O)O)[C@@H](O)[C@H](O)[C@H]1O. The number of aliphatic hydroxyl groups is 3. The van der Waals surface area contributed by atoms with Gasteiger partial charge in [-0.15, -0.1) is 0 Å². The number of aliphatic carboxylic acids is 1. The fourth-order valence-corrected chi connectivity index (χ4v) is 2.01. The minimum Gasteiger partial charge on any atom is -0.479 e. The van der Waals surface area contributed by atoms with E-state index in [1.807, 2.05) is 0 Å². The topological polar surface area (TPSA) is 153 Å². The lowest BCUT2D eigenvalue weighted by Crippen LogP contribution is -2.63. The molecule has 0 amide bonds. The first kappa shape index (κ1) is 15.0. The van der Waals surface area contributed by atoms with Crippen molar-refractivity contribution in [1.82, 2.24) is 4.72 Å². The molecule has 0 radical (unpaired) electrons. The zero-order valence-corrected chi connectivity index (χ0v) is 9.82. The molecule has 0 unspecified atom stereocenters. The molecular weight excluding hydrogens is 270 g/mol. The van der Waals surface area contributed by atoms with Crippen molar-refractivity contribution >= 4 is 16.0 Å². The van der Waals surface area contributed by atoms with Gasteiger partial charge >= 0.3 is 5.97 Å². The average Bonchev–Trinajstić information content (AvgIpc) is 2.29. The van der Waals surface area contributed by atoms with Gasteiger partial charge in [-0.05, 0) is 0 Å². The number of ether oxygens (including phenoxy) is 1. The Morgan fingerprint density at radius 2 is 1.78 bits per heavy atom. The third kappa shape index (κ3) is 3.04. The number of carboxylic acids is 1. The number of sulfonamides is 1. The van der Waals surface area contributed by atoms with E-state index in [-0.39, 0.29) is 0 Å². The third-order valence-corrected chi connectivity index (χ3v) is 3.36. The molecule has 0 aliphatic carbocycles. The van der Waals surface area contributed by atoms with Gasteiger partial charge < -0.3 is 25.2 Å². The van der Waals surface area contributed by atoms with Crippen LogP contribution in [0.15, 0.2) is 12.0 Å². The summed E-state index contributed by atoms with van der Waals surface area (Å²) in [5.74, 6) is -1.60. The molecule has 1 aliphatic heterocycles. The standard InChI is InChI=1S/C8H13NO8S/c1-2-18(15,16)9-7-5(12)3(10)4(11)6(17-7)8(13)14/h2-7,9-12H,1H2,(H,13,14)/t3-,4-,5+,6-,7+/m0/s1. The Balaban J connectivity index is 2.92. The van der Waals surface area contributed by atoms with E-state index in [4.69, 9.17) is 5.11 Å². The van der Waals surface area contributed by atoms with Gasteiger partial charge in [0.1, 0.15) is 18.3 Å². The highest BCUT2D eigenvalue weighted by molar-refractivity contribution is 7.92. The Morgan fingerprint density at radius 3 is 2.22 bits per heavy atom. The first-order valence-corrected chi connectivity index (χ1v) is 6.31. The molecule has 0 aromatic rings. The predicted octanol–water partition coefficient (Wildman–Crippen LogP) is -3.06. The van der Waals surface area contributed by atoms with Crippen molar-refractivity contribution in [3.05, 3.63) is 12.0 Å². The first-order valence-electron chi connectivity index (χ1n) is 4.77. The second kappa shape index (κ2) is 5.30. The van der Waals surface area contributed by atoms with Crippen molar-refractivity contribution in [3.8, 4) is 0 Å². The van der Waals surface area contributed by atoms with Crippen LogP contribution in [0.4, 0.5) is 0 Å². The largest absolute Gasteiger partial charge is 0.479 e. The van der Waals surface area contributed by atoms with Crippen molar-refractivity contribution in [1.29, 1.82) is 0 Å². The van der Waals surface area contributed by atoms with Gasteiger partial charge in [0, 0.05) is 5.41 Å². The third-order valence-electron chi connectivity index (χ3n) is 2.36. The first-order chi connectivity index (χ1) is 8.19. The van der Waals surface area contributed by atoms with Gasteiger partial charge in [-0.3, -0.25) is 0 Å². The summed E-state index contributed by atoms with van der Waals surface area (Å²) in [5, 5.41) is 37.5. The predicted molar refractivity (Wildman–Crippen MR) is 56.6 cm³/mol. The number of carbonyl (C=O) groups is 1. The Morgan fingerprint density at radius 1 is 1.22 bits per heavy atom. The van der Waals surface area contributed by atoms with E-state index >= 15 is 0 Å². The van der Waals surface area contributed by atoms with E-state index < -0.39 is 46.6 Å². The molecule has 1 heterocycles. The van der Waals surface area contributed by atoms with Crippen LogP contribution in [0, 0.1) is 0 Å². The maximum atomic E-state index is 11.2. The van der Waals surface area contributed by atoms with E-state index in [1.165, 1.54) is 0 Å². The van der Waals surface area contributed by atoms with Crippen LogP contribution >= 0.6 is 0 Å². The highest BCUT2D eigenvalue weighted by Crippen LogP contribution is 2.20. The Hall–Kier alpha value is -1.04. The second-order valence-corrected chi connectivity index (χ2v) is 5.28. The Labute approximate surface area is 102 Å².